The molecular weight excluding hydrogens is 192 g/mol. The first-order chi connectivity index (χ1) is 7.11. The van der Waals surface area contributed by atoms with E-state index < -0.39 is 0 Å². The lowest BCUT2D eigenvalue weighted by Gasteiger charge is -2.21. The highest BCUT2D eigenvalue weighted by Crippen LogP contribution is 2.19. The van der Waals surface area contributed by atoms with Crippen molar-refractivity contribution in [3.63, 3.8) is 0 Å². The highest BCUT2D eigenvalue weighted by atomic mass is 16.1. The molecule has 1 aliphatic heterocycles. The van der Waals surface area contributed by atoms with Crippen LogP contribution < -0.4 is 16.6 Å². The molecule has 0 unspecified atom stereocenters. The maximum Gasteiger partial charge on any atom is 0.260 e. The summed E-state index contributed by atoms with van der Waals surface area (Å²) in [5, 5.41) is 3.08. The Kier molecular flexibility index (Phi) is 2.38. The number of hydrogen-bond acceptors (Lipinski definition) is 4. The lowest BCUT2D eigenvalue weighted by Crippen LogP contribution is -2.33. The molecule has 1 aromatic rings. The Hall–Kier alpha value is -1.52. The number of hydrogen-bond donors (Lipinski definition) is 2. The van der Waals surface area contributed by atoms with Gasteiger partial charge in [0.1, 0.15) is 5.82 Å². The normalized spacial score (nSPS) is 14.9. The smallest absolute Gasteiger partial charge is 0.260 e. The van der Waals surface area contributed by atoms with Gasteiger partial charge in [-0.2, -0.15) is 4.98 Å². The Morgan fingerprint density at radius 1 is 1.53 bits per heavy atom. The largest absolute Gasteiger partial charge is 0.383 e. The van der Waals surface area contributed by atoms with Crippen LogP contribution in [0.1, 0.15) is 31.7 Å². The number of anilines is 2. The standard InChI is InChI=1S/C10H16N4O/c1-6(2)7-8(11)13-10-12-4-3-5-14(10)9(7)15/h6H,3-5,11H2,1-2H3,(H,12,13). The van der Waals surface area contributed by atoms with Gasteiger partial charge in [-0.3, -0.25) is 9.36 Å². The quantitative estimate of drug-likeness (QED) is 0.714. The maximum atomic E-state index is 12.1. The van der Waals surface area contributed by atoms with E-state index in [1.165, 1.54) is 0 Å². The van der Waals surface area contributed by atoms with Crippen LogP contribution in [-0.4, -0.2) is 16.1 Å². The Morgan fingerprint density at radius 3 is 2.93 bits per heavy atom. The topological polar surface area (TPSA) is 72.9 Å². The second kappa shape index (κ2) is 3.56. The summed E-state index contributed by atoms with van der Waals surface area (Å²) in [6.07, 6.45) is 0.954. The van der Waals surface area contributed by atoms with Gasteiger partial charge in [0.2, 0.25) is 5.95 Å². The van der Waals surface area contributed by atoms with Crippen molar-refractivity contribution < 1.29 is 0 Å². The summed E-state index contributed by atoms with van der Waals surface area (Å²) in [6.45, 7) is 5.50. The maximum absolute atomic E-state index is 12.1. The molecule has 0 spiro atoms. The lowest BCUT2D eigenvalue weighted by atomic mass is 10.1. The van der Waals surface area contributed by atoms with E-state index in [1.807, 2.05) is 13.8 Å². The number of aromatic nitrogens is 2. The van der Waals surface area contributed by atoms with E-state index in [2.05, 4.69) is 10.3 Å². The van der Waals surface area contributed by atoms with Crippen LogP contribution in [0.4, 0.5) is 11.8 Å². The van der Waals surface area contributed by atoms with Crippen LogP contribution in [0.2, 0.25) is 0 Å². The van der Waals surface area contributed by atoms with Crippen molar-refractivity contribution in [3.8, 4) is 0 Å². The molecule has 0 saturated heterocycles. The monoisotopic (exact) mass is 208 g/mol. The number of rotatable bonds is 1. The highest BCUT2D eigenvalue weighted by molar-refractivity contribution is 5.46. The number of nitrogens with one attached hydrogen (secondary N) is 1. The second-order valence-corrected chi connectivity index (χ2v) is 4.13. The van der Waals surface area contributed by atoms with Crippen LogP contribution in [0.25, 0.3) is 0 Å². The molecule has 15 heavy (non-hydrogen) atoms. The van der Waals surface area contributed by atoms with Gasteiger partial charge in [0.05, 0.1) is 5.56 Å². The fourth-order valence-electron chi connectivity index (χ4n) is 1.91. The zero-order valence-electron chi connectivity index (χ0n) is 9.08. The van der Waals surface area contributed by atoms with Gasteiger partial charge in [0.25, 0.3) is 5.56 Å². The fourth-order valence-corrected chi connectivity index (χ4v) is 1.91. The third-order valence-electron chi connectivity index (χ3n) is 2.65. The van der Waals surface area contributed by atoms with Crippen LogP contribution >= 0.6 is 0 Å². The van der Waals surface area contributed by atoms with Crippen molar-refractivity contribution in [1.82, 2.24) is 9.55 Å². The van der Waals surface area contributed by atoms with Crippen LogP contribution in [0.15, 0.2) is 4.79 Å². The molecule has 1 aliphatic rings. The summed E-state index contributed by atoms with van der Waals surface area (Å²) in [6, 6.07) is 0. The lowest BCUT2D eigenvalue weighted by molar-refractivity contribution is 0.587. The number of nitrogen functional groups attached to an aromatic ring is 1. The minimum atomic E-state index is -0.000278. The van der Waals surface area contributed by atoms with E-state index in [0.717, 1.165) is 19.5 Å². The van der Waals surface area contributed by atoms with Crippen molar-refractivity contribution in [2.75, 3.05) is 17.6 Å². The molecule has 82 valence electrons. The third kappa shape index (κ3) is 1.58. The highest BCUT2D eigenvalue weighted by Gasteiger charge is 2.18. The minimum Gasteiger partial charge on any atom is -0.383 e. The van der Waals surface area contributed by atoms with Crippen molar-refractivity contribution >= 4 is 11.8 Å². The molecule has 2 heterocycles. The molecule has 0 radical (unpaired) electrons. The SMILES string of the molecule is CC(C)c1c(N)nc2n(c1=O)CCCN2. The average molecular weight is 208 g/mol. The first kappa shape index (κ1) is 10.0. The zero-order chi connectivity index (χ0) is 11.0. The first-order valence-electron chi connectivity index (χ1n) is 5.25. The van der Waals surface area contributed by atoms with E-state index >= 15 is 0 Å². The minimum absolute atomic E-state index is 0.000278. The van der Waals surface area contributed by atoms with Crippen molar-refractivity contribution in [2.45, 2.75) is 32.7 Å². The number of nitrogens with two attached hydrogens (primary N) is 1. The molecule has 0 atom stereocenters. The molecule has 2 rings (SSSR count). The second-order valence-electron chi connectivity index (χ2n) is 4.13. The van der Waals surface area contributed by atoms with E-state index in [9.17, 15) is 4.79 Å². The van der Waals surface area contributed by atoms with Crippen LogP contribution in [0, 0.1) is 0 Å². The molecule has 3 N–H and O–H groups in total. The van der Waals surface area contributed by atoms with Crippen molar-refractivity contribution in [2.24, 2.45) is 0 Å². The van der Waals surface area contributed by atoms with Gasteiger partial charge >= 0.3 is 0 Å². The summed E-state index contributed by atoms with van der Waals surface area (Å²) in [7, 11) is 0. The van der Waals surface area contributed by atoms with Crippen LogP contribution in [-0.2, 0) is 6.54 Å². The molecule has 0 aliphatic carbocycles. The zero-order valence-corrected chi connectivity index (χ0v) is 9.08. The molecule has 0 fully saturated rings. The Bertz CT molecular complexity index is 436. The Morgan fingerprint density at radius 2 is 2.27 bits per heavy atom. The summed E-state index contributed by atoms with van der Waals surface area (Å²) < 4.78 is 1.68. The van der Waals surface area contributed by atoms with E-state index in [0.29, 0.717) is 17.3 Å². The Labute approximate surface area is 88.3 Å². The van der Waals surface area contributed by atoms with Gasteiger partial charge in [-0.15, -0.1) is 0 Å². The van der Waals surface area contributed by atoms with Gasteiger partial charge in [-0.1, -0.05) is 13.8 Å². The van der Waals surface area contributed by atoms with E-state index in [4.69, 9.17) is 5.73 Å². The summed E-state index contributed by atoms with van der Waals surface area (Å²) in [5.41, 5.74) is 6.41. The molecule has 1 aromatic heterocycles. The fraction of sp³-hybridized carbons (Fsp3) is 0.600. The number of nitrogens with zero attached hydrogens (tertiary/aromatic N) is 2. The van der Waals surface area contributed by atoms with Crippen molar-refractivity contribution in [1.29, 1.82) is 0 Å². The third-order valence-corrected chi connectivity index (χ3v) is 2.65. The summed E-state index contributed by atoms with van der Waals surface area (Å²) in [4.78, 5) is 16.3. The molecule has 0 saturated carbocycles. The van der Waals surface area contributed by atoms with Gasteiger partial charge in [0, 0.05) is 13.1 Å². The summed E-state index contributed by atoms with van der Waals surface area (Å²) >= 11 is 0. The molecule has 5 nitrogen and oxygen atoms in total. The molecule has 5 heteroatoms. The first-order valence-corrected chi connectivity index (χ1v) is 5.25. The Balaban J connectivity index is 2.65. The van der Waals surface area contributed by atoms with E-state index in [1.54, 1.807) is 4.57 Å². The molecule has 0 amide bonds. The molecule has 0 bridgehead atoms. The van der Waals surface area contributed by atoms with Gasteiger partial charge < -0.3 is 11.1 Å². The summed E-state index contributed by atoms with van der Waals surface area (Å²) in [5.74, 6) is 1.08. The van der Waals surface area contributed by atoms with Crippen LogP contribution in [0.3, 0.4) is 0 Å². The number of fused-ring (bicyclic) bond motifs is 1. The average Bonchev–Trinajstić information content (AvgIpc) is 2.17. The van der Waals surface area contributed by atoms with Gasteiger partial charge in [-0.05, 0) is 12.3 Å². The molecular formula is C10H16N4O. The van der Waals surface area contributed by atoms with Crippen molar-refractivity contribution in [3.05, 3.63) is 15.9 Å². The van der Waals surface area contributed by atoms with Gasteiger partial charge in [-0.25, -0.2) is 0 Å². The predicted octanol–water partition coefficient (Wildman–Crippen LogP) is 0.764. The van der Waals surface area contributed by atoms with Gasteiger partial charge in [0.15, 0.2) is 0 Å². The molecule has 0 aromatic carbocycles. The predicted molar refractivity (Wildman–Crippen MR) is 60.1 cm³/mol. The van der Waals surface area contributed by atoms with E-state index in [-0.39, 0.29) is 11.5 Å². The van der Waals surface area contributed by atoms with Crippen LogP contribution in [0.5, 0.6) is 0 Å².